The van der Waals surface area contributed by atoms with Gasteiger partial charge < -0.3 is 10.8 Å². The first-order valence-electron chi connectivity index (χ1n) is 5.78. The summed E-state index contributed by atoms with van der Waals surface area (Å²) < 4.78 is 0. The molecular formula is C13H18ClNO2. The number of halogens is 1. The molecule has 0 aliphatic carbocycles. The van der Waals surface area contributed by atoms with Crippen molar-refractivity contribution in [1.29, 1.82) is 0 Å². The molecule has 3 nitrogen and oxygen atoms in total. The molecule has 1 rings (SSSR count). The van der Waals surface area contributed by atoms with E-state index in [0.29, 0.717) is 16.3 Å². The van der Waals surface area contributed by atoms with Crippen molar-refractivity contribution in [3.63, 3.8) is 0 Å². The highest BCUT2D eigenvalue weighted by Crippen LogP contribution is 2.34. The summed E-state index contributed by atoms with van der Waals surface area (Å²) in [5, 5.41) is 9.90. The molecule has 3 N–H and O–H groups in total. The second kappa shape index (κ2) is 5.92. The molecule has 0 bridgehead atoms. The maximum absolute atomic E-state index is 11.4. The fourth-order valence-corrected chi connectivity index (χ4v) is 2.34. The van der Waals surface area contributed by atoms with Crippen LogP contribution in [0.2, 0.25) is 5.02 Å². The molecule has 0 saturated carbocycles. The van der Waals surface area contributed by atoms with Crippen LogP contribution in [0, 0.1) is 5.92 Å². The topological polar surface area (TPSA) is 63.3 Å². The van der Waals surface area contributed by atoms with Gasteiger partial charge in [-0.2, -0.15) is 0 Å². The van der Waals surface area contributed by atoms with E-state index in [1.54, 1.807) is 18.2 Å². The molecule has 1 aromatic carbocycles. The summed E-state index contributed by atoms with van der Waals surface area (Å²) in [7, 11) is 0. The smallest absolute Gasteiger partial charge is 0.311 e. The molecule has 0 fully saturated rings. The largest absolute Gasteiger partial charge is 0.481 e. The van der Waals surface area contributed by atoms with Crippen LogP contribution in [0.25, 0.3) is 0 Å². The molecule has 0 spiro atoms. The molecule has 1 atom stereocenters. The molecule has 94 valence electrons. The van der Waals surface area contributed by atoms with E-state index in [1.165, 1.54) is 0 Å². The van der Waals surface area contributed by atoms with Crippen molar-refractivity contribution in [3.8, 4) is 0 Å². The van der Waals surface area contributed by atoms with Gasteiger partial charge in [0, 0.05) is 10.7 Å². The summed E-state index contributed by atoms with van der Waals surface area (Å²) in [5.74, 6) is -1.34. The third kappa shape index (κ3) is 3.13. The monoisotopic (exact) mass is 255 g/mol. The average molecular weight is 256 g/mol. The van der Waals surface area contributed by atoms with Gasteiger partial charge in [0.1, 0.15) is 0 Å². The van der Waals surface area contributed by atoms with Crippen LogP contribution in [0.15, 0.2) is 18.2 Å². The zero-order valence-electron chi connectivity index (χ0n) is 10.1. The number of carboxylic acid groups (broad SMARTS) is 1. The molecule has 17 heavy (non-hydrogen) atoms. The molecule has 0 aliphatic heterocycles. The number of rotatable bonds is 5. The Morgan fingerprint density at radius 1 is 1.41 bits per heavy atom. The van der Waals surface area contributed by atoms with E-state index in [4.69, 9.17) is 17.3 Å². The summed E-state index contributed by atoms with van der Waals surface area (Å²) in [6.45, 7) is 3.98. The lowest BCUT2D eigenvalue weighted by Gasteiger charge is -2.23. The highest BCUT2D eigenvalue weighted by molar-refractivity contribution is 6.30. The fraction of sp³-hybridized carbons (Fsp3) is 0.462. The third-order valence-corrected chi connectivity index (χ3v) is 3.41. The van der Waals surface area contributed by atoms with Gasteiger partial charge in [-0.3, -0.25) is 4.79 Å². The van der Waals surface area contributed by atoms with Crippen LogP contribution in [-0.2, 0) is 4.79 Å². The standard InChI is InChI=1S/C13H18ClNO2/c1-3-8(4-2)12(13(16)17)10-7-9(14)5-6-11(10)15/h5-8,12H,3-4,15H2,1-2H3,(H,16,17). The highest BCUT2D eigenvalue weighted by atomic mass is 35.5. The first-order valence-corrected chi connectivity index (χ1v) is 6.16. The van der Waals surface area contributed by atoms with Crippen LogP contribution < -0.4 is 5.73 Å². The number of benzene rings is 1. The van der Waals surface area contributed by atoms with E-state index in [9.17, 15) is 9.90 Å². The lowest BCUT2D eigenvalue weighted by atomic mass is 9.82. The van der Waals surface area contributed by atoms with E-state index in [1.807, 2.05) is 13.8 Å². The van der Waals surface area contributed by atoms with Crippen molar-refractivity contribution < 1.29 is 9.90 Å². The van der Waals surface area contributed by atoms with Crippen molar-refractivity contribution in [2.45, 2.75) is 32.6 Å². The predicted octanol–water partition coefficient (Wildman–Crippen LogP) is 3.53. The predicted molar refractivity (Wildman–Crippen MR) is 70.3 cm³/mol. The Labute approximate surface area is 107 Å². The normalized spacial score (nSPS) is 12.7. The Balaban J connectivity index is 3.22. The number of carboxylic acids is 1. The van der Waals surface area contributed by atoms with Gasteiger partial charge in [-0.1, -0.05) is 38.3 Å². The first kappa shape index (κ1) is 13.8. The second-order valence-electron chi connectivity index (χ2n) is 4.17. The molecule has 1 aromatic rings. The second-order valence-corrected chi connectivity index (χ2v) is 4.60. The van der Waals surface area contributed by atoms with E-state index < -0.39 is 11.9 Å². The number of nitrogen functional groups attached to an aromatic ring is 1. The minimum absolute atomic E-state index is 0.0771. The first-order chi connectivity index (χ1) is 8.01. The summed E-state index contributed by atoms with van der Waals surface area (Å²) >= 11 is 5.91. The summed E-state index contributed by atoms with van der Waals surface area (Å²) in [4.78, 5) is 11.4. The van der Waals surface area contributed by atoms with E-state index in [0.717, 1.165) is 12.8 Å². The Bertz CT molecular complexity index is 402. The summed E-state index contributed by atoms with van der Waals surface area (Å²) in [5.41, 5.74) is 6.97. The Morgan fingerprint density at radius 3 is 2.47 bits per heavy atom. The Kier molecular flexibility index (Phi) is 4.82. The van der Waals surface area contributed by atoms with Crippen LogP contribution in [0.5, 0.6) is 0 Å². The molecule has 4 heteroatoms. The van der Waals surface area contributed by atoms with Gasteiger partial charge in [0.15, 0.2) is 0 Å². The SMILES string of the molecule is CCC(CC)C(C(=O)O)c1cc(Cl)ccc1N. The number of carbonyl (C=O) groups is 1. The van der Waals surface area contributed by atoms with Gasteiger partial charge >= 0.3 is 5.97 Å². The van der Waals surface area contributed by atoms with Gasteiger partial charge in [0.05, 0.1) is 5.92 Å². The lowest BCUT2D eigenvalue weighted by molar-refractivity contribution is -0.140. The van der Waals surface area contributed by atoms with Crippen molar-refractivity contribution in [2.75, 3.05) is 5.73 Å². The summed E-state index contributed by atoms with van der Waals surface area (Å²) in [6.07, 6.45) is 1.61. The van der Waals surface area contributed by atoms with Gasteiger partial charge in [-0.05, 0) is 29.7 Å². The van der Waals surface area contributed by atoms with Gasteiger partial charge in [0.25, 0.3) is 0 Å². The lowest BCUT2D eigenvalue weighted by Crippen LogP contribution is -2.22. The molecule has 0 aliphatic rings. The molecule has 0 radical (unpaired) electrons. The maximum atomic E-state index is 11.4. The minimum Gasteiger partial charge on any atom is -0.481 e. The molecule has 0 aromatic heterocycles. The number of nitrogens with two attached hydrogens (primary N) is 1. The average Bonchev–Trinajstić information content (AvgIpc) is 2.29. The molecular weight excluding hydrogens is 238 g/mol. The number of anilines is 1. The van der Waals surface area contributed by atoms with Crippen molar-refractivity contribution in [3.05, 3.63) is 28.8 Å². The number of hydrogen-bond acceptors (Lipinski definition) is 2. The van der Waals surface area contributed by atoms with Crippen LogP contribution in [0.3, 0.4) is 0 Å². The van der Waals surface area contributed by atoms with Crippen LogP contribution in [-0.4, -0.2) is 11.1 Å². The molecule has 1 unspecified atom stereocenters. The zero-order valence-corrected chi connectivity index (χ0v) is 10.9. The van der Waals surface area contributed by atoms with Crippen LogP contribution in [0.1, 0.15) is 38.2 Å². The number of aliphatic carboxylic acids is 1. The minimum atomic E-state index is -0.840. The Hall–Kier alpha value is -1.22. The van der Waals surface area contributed by atoms with Gasteiger partial charge in [-0.15, -0.1) is 0 Å². The van der Waals surface area contributed by atoms with E-state index in [-0.39, 0.29) is 5.92 Å². The van der Waals surface area contributed by atoms with Crippen molar-refractivity contribution in [2.24, 2.45) is 5.92 Å². The maximum Gasteiger partial charge on any atom is 0.311 e. The molecule has 0 saturated heterocycles. The Morgan fingerprint density at radius 2 is 2.00 bits per heavy atom. The zero-order chi connectivity index (χ0) is 13.0. The molecule has 0 heterocycles. The molecule has 0 amide bonds. The quantitative estimate of drug-likeness (QED) is 0.791. The van der Waals surface area contributed by atoms with Gasteiger partial charge in [-0.25, -0.2) is 0 Å². The van der Waals surface area contributed by atoms with Crippen LogP contribution >= 0.6 is 11.6 Å². The van der Waals surface area contributed by atoms with E-state index >= 15 is 0 Å². The van der Waals surface area contributed by atoms with Gasteiger partial charge in [0.2, 0.25) is 0 Å². The highest BCUT2D eigenvalue weighted by Gasteiger charge is 2.29. The van der Waals surface area contributed by atoms with Crippen molar-refractivity contribution >= 4 is 23.3 Å². The van der Waals surface area contributed by atoms with Crippen LogP contribution in [0.4, 0.5) is 5.69 Å². The van der Waals surface area contributed by atoms with Crippen molar-refractivity contribution in [1.82, 2.24) is 0 Å². The summed E-state index contributed by atoms with van der Waals surface area (Å²) in [6, 6.07) is 5.00. The fourth-order valence-electron chi connectivity index (χ4n) is 2.16. The third-order valence-electron chi connectivity index (χ3n) is 3.17. The van der Waals surface area contributed by atoms with E-state index in [2.05, 4.69) is 0 Å². The number of hydrogen-bond donors (Lipinski definition) is 2.